The van der Waals surface area contributed by atoms with Gasteiger partial charge in [-0.05, 0) is 60.7 Å². The van der Waals surface area contributed by atoms with Gasteiger partial charge < -0.3 is 13.4 Å². The summed E-state index contributed by atoms with van der Waals surface area (Å²) in [5, 5.41) is 6.56. The van der Waals surface area contributed by atoms with E-state index in [4.69, 9.17) is 23.8 Å². The highest BCUT2D eigenvalue weighted by atomic mass is 16.3. The number of furan rings is 2. The summed E-state index contributed by atoms with van der Waals surface area (Å²) in [6.45, 7) is 0. The number of rotatable bonds is 4. The first kappa shape index (κ1) is 27.9. The van der Waals surface area contributed by atoms with Gasteiger partial charge in [0.25, 0.3) is 0 Å². The van der Waals surface area contributed by atoms with Crippen LogP contribution in [0, 0.1) is 0 Å². The SMILES string of the molecule is c1cc(-c2nc(-c3ccc4oc5ccccc5c4c3)nc(-c3cccc4c3oc3ccccc34)n2)cc(-n2c3ccccc3c3ccccc32)c1. The van der Waals surface area contributed by atoms with Crippen molar-refractivity contribution in [3.63, 3.8) is 0 Å². The predicted molar refractivity (Wildman–Crippen MR) is 205 cm³/mol. The van der Waals surface area contributed by atoms with E-state index in [1.54, 1.807) is 0 Å². The summed E-state index contributed by atoms with van der Waals surface area (Å²) >= 11 is 0. The Morgan fingerprint density at radius 2 is 0.922 bits per heavy atom. The molecule has 4 heterocycles. The summed E-state index contributed by atoms with van der Waals surface area (Å²) in [6, 6.07) is 54.0. The second-order valence-corrected chi connectivity index (χ2v) is 12.8. The van der Waals surface area contributed by atoms with Crippen LogP contribution in [-0.4, -0.2) is 19.5 Å². The van der Waals surface area contributed by atoms with Crippen LogP contribution in [0.2, 0.25) is 0 Å². The normalized spacial score (nSPS) is 11.9. The monoisotopic (exact) mass is 654 g/mol. The zero-order valence-corrected chi connectivity index (χ0v) is 27.1. The van der Waals surface area contributed by atoms with E-state index in [1.165, 1.54) is 10.8 Å². The highest BCUT2D eigenvalue weighted by Gasteiger charge is 2.19. The lowest BCUT2D eigenvalue weighted by molar-refractivity contribution is 0.669. The average Bonchev–Trinajstić information content (AvgIpc) is 3.87. The molecule has 0 saturated heterocycles. The lowest BCUT2D eigenvalue weighted by Crippen LogP contribution is -2.01. The molecule has 6 nitrogen and oxygen atoms in total. The van der Waals surface area contributed by atoms with Crippen LogP contribution in [0.4, 0.5) is 0 Å². The van der Waals surface area contributed by atoms with E-state index in [0.717, 1.165) is 77.3 Å². The lowest BCUT2D eigenvalue weighted by atomic mass is 10.1. The van der Waals surface area contributed by atoms with Gasteiger partial charge in [0, 0.05) is 49.1 Å². The quantitative estimate of drug-likeness (QED) is 0.189. The molecular formula is C45H26N4O2. The Morgan fingerprint density at radius 3 is 1.67 bits per heavy atom. The molecule has 6 heteroatoms. The fourth-order valence-corrected chi connectivity index (χ4v) is 7.53. The van der Waals surface area contributed by atoms with Gasteiger partial charge in [-0.3, -0.25) is 0 Å². The van der Waals surface area contributed by atoms with E-state index in [9.17, 15) is 0 Å². The van der Waals surface area contributed by atoms with Gasteiger partial charge in [0.1, 0.15) is 22.3 Å². The van der Waals surface area contributed by atoms with Crippen molar-refractivity contribution in [3.05, 3.63) is 158 Å². The van der Waals surface area contributed by atoms with Gasteiger partial charge in [0.15, 0.2) is 17.5 Å². The van der Waals surface area contributed by atoms with Crippen LogP contribution < -0.4 is 0 Å². The zero-order chi connectivity index (χ0) is 33.5. The van der Waals surface area contributed by atoms with Crippen LogP contribution in [-0.2, 0) is 0 Å². The van der Waals surface area contributed by atoms with Crippen LogP contribution in [0.15, 0.2) is 167 Å². The molecule has 0 spiro atoms. The molecule has 238 valence electrons. The largest absolute Gasteiger partial charge is 0.456 e. The number of para-hydroxylation sites is 5. The van der Waals surface area contributed by atoms with E-state index >= 15 is 0 Å². The third kappa shape index (κ3) is 4.26. The predicted octanol–water partition coefficient (Wildman–Crippen LogP) is 11.8. The Kier molecular flexibility index (Phi) is 5.86. The molecule has 0 amide bonds. The van der Waals surface area contributed by atoms with Crippen molar-refractivity contribution in [2.24, 2.45) is 0 Å². The van der Waals surface area contributed by atoms with Gasteiger partial charge in [-0.25, -0.2) is 15.0 Å². The maximum atomic E-state index is 6.46. The smallest absolute Gasteiger partial charge is 0.167 e. The van der Waals surface area contributed by atoms with Crippen LogP contribution in [0.25, 0.3) is 106 Å². The standard InChI is InChI=1S/C45H26N4O2/c1-5-19-37-30(13-1)31-14-2-6-20-38(31)49(37)29-12-9-11-27(25-29)43-46-44(28-23-24-41-36(26-28)33-16-4-7-21-39(33)50-41)48-45(47-43)35-18-10-17-34-32-15-3-8-22-40(32)51-42(34)35/h1-26H. The van der Waals surface area contributed by atoms with Crippen molar-refractivity contribution < 1.29 is 8.83 Å². The molecule has 51 heavy (non-hydrogen) atoms. The molecule has 0 N–H and O–H groups in total. The number of benzene rings is 7. The highest BCUT2D eigenvalue weighted by molar-refractivity contribution is 6.10. The molecule has 0 aliphatic carbocycles. The summed E-state index contributed by atoms with van der Waals surface area (Å²) in [7, 11) is 0. The molecule has 11 rings (SSSR count). The van der Waals surface area contributed by atoms with Gasteiger partial charge in [0.2, 0.25) is 0 Å². The van der Waals surface area contributed by atoms with Crippen LogP contribution >= 0.6 is 0 Å². The van der Waals surface area contributed by atoms with Gasteiger partial charge in [-0.15, -0.1) is 0 Å². The van der Waals surface area contributed by atoms with E-state index in [-0.39, 0.29) is 0 Å². The Labute approximate surface area is 290 Å². The minimum Gasteiger partial charge on any atom is -0.456 e. The van der Waals surface area contributed by atoms with Crippen molar-refractivity contribution >= 4 is 65.7 Å². The third-order valence-electron chi connectivity index (χ3n) is 9.86. The van der Waals surface area contributed by atoms with E-state index in [1.807, 2.05) is 60.7 Å². The Balaban J connectivity index is 1.15. The zero-order valence-electron chi connectivity index (χ0n) is 27.1. The first-order valence-electron chi connectivity index (χ1n) is 16.9. The molecule has 0 aliphatic rings. The van der Waals surface area contributed by atoms with Gasteiger partial charge in [-0.1, -0.05) is 97.1 Å². The minimum absolute atomic E-state index is 0.541. The van der Waals surface area contributed by atoms with Crippen LogP contribution in [0.3, 0.4) is 0 Å². The molecule has 0 fully saturated rings. The van der Waals surface area contributed by atoms with E-state index in [2.05, 4.69) is 102 Å². The van der Waals surface area contributed by atoms with Crippen LogP contribution in [0.5, 0.6) is 0 Å². The van der Waals surface area contributed by atoms with Crippen molar-refractivity contribution in [1.82, 2.24) is 19.5 Å². The Hall–Kier alpha value is -7.05. The van der Waals surface area contributed by atoms with Crippen molar-refractivity contribution in [1.29, 1.82) is 0 Å². The first-order valence-corrected chi connectivity index (χ1v) is 16.9. The summed E-state index contributed by atoms with van der Waals surface area (Å²) in [6.07, 6.45) is 0. The van der Waals surface area contributed by atoms with E-state index < -0.39 is 0 Å². The molecule has 0 saturated carbocycles. The van der Waals surface area contributed by atoms with Gasteiger partial charge in [0.05, 0.1) is 16.6 Å². The fraction of sp³-hybridized carbons (Fsp3) is 0. The maximum Gasteiger partial charge on any atom is 0.167 e. The lowest BCUT2D eigenvalue weighted by Gasteiger charge is -2.12. The molecule has 0 radical (unpaired) electrons. The number of fused-ring (bicyclic) bond motifs is 9. The third-order valence-corrected chi connectivity index (χ3v) is 9.86. The Morgan fingerprint density at radius 1 is 0.373 bits per heavy atom. The minimum atomic E-state index is 0.541. The topological polar surface area (TPSA) is 69.9 Å². The maximum absolute atomic E-state index is 6.46. The number of hydrogen-bond acceptors (Lipinski definition) is 5. The number of nitrogens with zero attached hydrogens (tertiary/aromatic N) is 4. The van der Waals surface area contributed by atoms with Gasteiger partial charge >= 0.3 is 0 Å². The number of hydrogen-bond donors (Lipinski definition) is 0. The second-order valence-electron chi connectivity index (χ2n) is 12.8. The van der Waals surface area contributed by atoms with Gasteiger partial charge in [-0.2, -0.15) is 0 Å². The van der Waals surface area contributed by atoms with E-state index in [0.29, 0.717) is 17.5 Å². The fourth-order valence-electron chi connectivity index (χ4n) is 7.53. The van der Waals surface area contributed by atoms with Crippen LogP contribution in [0.1, 0.15) is 0 Å². The molecule has 11 aromatic rings. The van der Waals surface area contributed by atoms with Crippen molar-refractivity contribution in [3.8, 4) is 39.9 Å². The van der Waals surface area contributed by atoms with Crippen molar-refractivity contribution in [2.75, 3.05) is 0 Å². The molecule has 0 bridgehead atoms. The molecule has 0 unspecified atom stereocenters. The average molecular weight is 655 g/mol. The van der Waals surface area contributed by atoms with Crippen molar-refractivity contribution in [2.45, 2.75) is 0 Å². The molecular weight excluding hydrogens is 629 g/mol. The summed E-state index contributed by atoms with van der Waals surface area (Å²) < 4.78 is 14.9. The second kappa shape index (κ2) is 10.7. The highest BCUT2D eigenvalue weighted by Crippen LogP contribution is 2.38. The summed E-state index contributed by atoms with van der Waals surface area (Å²) in [5.41, 5.74) is 9.11. The first-order chi connectivity index (χ1) is 25.3. The number of aromatic nitrogens is 4. The molecule has 0 atom stereocenters. The molecule has 4 aromatic heterocycles. The molecule has 0 aliphatic heterocycles. The summed E-state index contributed by atoms with van der Waals surface area (Å²) in [5.74, 6) is 1.68. The summed E-state index contributed by atoms with van der Waals surface area (Å²) in [4.78, 5) is 15.4. The molecule has 7 aromatic carbocycles. The Bertz CT molecular complexity index is 3110.